The molecular formula is C21H22N4O2S. The summed E-state index contributed by atoms with van der Waals surface area (Å²) in [7, 11) is 0. The van der Waals surface area contributed by atoms with Crippen molar-refractivity contribution >= 4 is 28.6 Å². The molecule has 1 aliphatic rings. The summed E-state index contributed by atoms with van der Waals surface area (Å²) in [6.07, 6.45) is 3.78. The van der Waals surface area contributed by atoms with E-state index in [9.17, 15) is 9.59 Å². The summed E-state index contributed by atoms with van der Waals surface area (Å²) in [5.74, 6) is 0.611. The Bertz CT molecular complexity index is 1090. The van der Waals surface area contributed by atoms with E-state index in [2.05, 4.69) is 4.98 Å². The molecule has 0 spiro atoms. The maximum Gasteiger partial charge on any atom is 0.267 e. The zero-order valence-corrected chi connectivity index (χ0v) is 16.8. The van der Waals surface area contributed by atoms with Crippen LogP contribution in [0.4, 0.5) is 0 Å². The SMILES string of the molecule is Cc1ccnc(-n2c(S[C@@H](C)C(=O)N3CCCC3)nc3ccccc3c2=O)c1. The molecule has 1 fully saturated rings. The van der Waals surface area contributed by atoms with Crippen LogP contribution in [-0.2, 0) is 4.79 Å². The number of pyridine rings is 1. The normalized spacial score (nSPS) is 15.1. The van der Waals surface area contributed by atoms with E-state index in [1.165, 1.54) is 16.3 Å². The Morgan fingerprint density at radius 3 is 2.68 bits per heavy atom. The molecule has 0 unspecified atom stereocenters. The summed E-state index contributed by atoms with van der Waals surface area (Å²) in [5.41, 5.74) is 1.45. The molecule has 1 atom stereocenters. The van der Waals surface area contributed by atoms with Crippen molar-refractivity contribution in [3.05, 3.63) is 58.5 Å². The fraction of sp³-hybridized carbons (Fsp3) is 0.333. The Hall–Kier alpha value is -2.67. The van der Waals surface area contributed by atoms with Crippen LogP contribution in [0.3, 0.4) is 0 Å². The molecule has 3 aromatic rings. The lowest BCUT2D eigenvalue weighted by atomic mass is 10.2. The molecule has 0 radical (unpaired) electrons. The van der Waals surface area contributed by atoms with Crippen LogP contribution in [0.1, 0.15) is 25.3 Å². The fourth-order valence-electron chi connectivity index (χ4n) is 3.44. The Labute approximate surface area is 167 Å². The van der Waals surface area contributed by atoms with E-state index in [1.54, 1.807) is 12.3 Å². The number of thioether (sulfide) groups is 1. The number of nitrogens with zero attached hydrogens (tertiary/aromatic N) is 4. The molecule has 1 amide bonds. The smallest absolute Gasteiger partial charge is 0.267 e. The third-order valence-corrected chi connectivity index (χ3v) is 5.96. The number of fused-ring (bicyclic) bond motifs is 1. The van der Waals surface area contributed by atoms with Crippen molar-refractivity contribution in [2.45, 2.75) is 37.1 Å². The van der Waals surface area contributed by atoms with Crippen molar-refractivity contribution in [3.63, 3.8) is 0 Å². The monoisotopic (exact) mass is 394 g/mol. The second-order valence-corrected chi connectivity index (χ2v) is 8.34. The summed E-state index contributed by atoms with van der Waals surface area (Å²) in [4.78, 5) is 37.0. The topological polar surface area (TPSA) is 68.1 Å². The number of carbonyl (C=O) groups is 1. The van der Waals surface area contributed by atoms with Gasteiger partial charge in [0.15, 0.2) is 5.16 Å². The van der Waals surface area contributed by atoms with Gasteiger partial charge in [0.2, 0.25) is 5.91 Å². The predicted octanol–water partition coefficient (Wildman–Crippen LogP) is 3.19. The number of hydrogen-bond donors (Lipinski definition) is 0. The molecule has 0 N–H and O–H groups in total. The van der Waals surface area contributed by atoms with Gasteiger partial charge in [0, 0.05) is 19.3 Å². The first-order chi connectivity index (χ1) is 13.5. The molecule has 1 aromatic carbocycles. The van der Waals surface area contributed by atoms with Gasteiger partial charge in [0.05, 0.1) is 16.2 Å². The average Bonchev–Trinajstić information content (AvgIpc) is 3.22. The van der Waals surface area contributed by atoms with Crippen molar-refractivity contribution in [1.82, 2.24) is 19.4 Å². The summed E-state index contributed by atoms with van der Waals surface area (Å²) in [6, 6.07) is 11.0. The van der Waals surface area contributed by atoms with E-state index in [1.807, 2.05) is 49.1 Å². The lowest BCUT2D eigenvalue weighted by Gasteiger charge is -2.21. The zero-order valence-electron chi connectivity index (χ0n) is 16.0. The van der Waals surface area contributed by atoms with Crippen LogP contribution >= 0.6 is 11.8 Å². The highest BCUT2D eigenvalue weighted by atomic mass is 32.2. The highest BCUT2D eigenvalue weighted by Crippen LogP contribution is 2.26. The van der Waals surface area contributed by atoms with Crippen LogP contribution in [-0.4, -0.2) is 43.7 Å². The van der Waals surface area contributed by atoms with Crippen LogP contribution in [0.5, 0.6) is 0 Å². The Kier molecular flexibility index (Phi) is 5.17. The van der Waals surface area contributed by atoms with Gasteiger partial charge in [-0.25, -0.2) is 14.5 Å². The van der Waals surface area contributed by atoms with Gasteiger partial charge in [-0.2, -0.15) is 0 Å². The number of carbonyl (C=O) groups excluding carboxylic acids is 1. The molecule has 0 saturated carbocycles. The van der Waals surface area contributed by atoms with Gasteiger partial charge in [-0.3, -0.25) is 9.59 Å². The van der Waals surface area contributed by atoms with Crippen LogP contribution in [0.25, 0.3) is 16.7 Å². The molecule has 6 nitrogen and oxygen atoms in total. The molecule has 0 bridgehead atoms. The van der Waals surface area contributed by atoms with Crippen LogP contribution in [0, 0.1) is 6.92 Å². The van der Waals surface area contributed by atoms with Crippen molar-refractivity contribution < 1.29 is 4.79 Å². The van der Waals surface area contributed by atoms with E-state index in [4.69, 9.17) is 4.98 Å². The van der Waals surface area contributed by atoms with E-state index in [0.717, 1.165) is 31.5 Å². The minimum absolute atomic E-state index is 0.0914. The van der Waals surface area contributed by atoms with Gasteiger partial charge in [-0.05, 0) is 56.5 Å². The molecule has 1 saturated heterocycles. The van der Waals surface area contributed by atoms with Gasteiger partial charge in [-0.15, -0.1) is 0 Å². The maximum absolute atomic E-state index is 13.2. The second-order valence-electron chi connectivity index (χ2n) is 7.04. The number of hydrogen-bond acceptors (Lipinski definition) is 5. The van der Waals surface area contributed by atoms with Gasteiger partial charge >= 0.3 is 0 Å². The number of amides is 1. The Morgan fingerprint density at radius 2 is 1.93 bits per heavy atom. The number of aromatic nitrogens is 3. The third-order valence-electron chi connectivity index (χ3n) is 4.92. The molecule has 28 heavy (non-hydrogen) atoms. The zero-order chi connectivity index (χ0) is 19.7. The van der Waals surface area contributed by atoms with Gasteiger partial charge in [-0.1, -0.05) is 23.9 Å². The molecular weight excluding hydrogens is 372 g/mol. The molecule has 3 heterocycles. The summed E-state index contributed by atoms with van der Waals surface area (Å²) in [5, 5.41) is 0.692. The van der Waals surface area contributed by atoms with Gasteiger partial charge < -0.3 is 4.90 Å². The standard InChI is InChI=1S/C21H22N4O2S/c1-14-9-10-22-18(13-14)25-20(27)16-7-3-4-8-17(16)23-21(25)28-15(2)19(26)24-11-5-6-12-24/h3-4,7-10,13,15H,5-6,11-12H2,1-2H3/t15-/m0/s1. The van der Waals surface area contributed by atoms with Crippen LogP contribution < -0.4 is 5.56 Å². The van der Waals surface area contributed by atoms with Crippen molar-refractivity contribution in [3.8, 4) is 5.82 Å². The van der Waals surface area contributed by atoms with E-state index < -0.39 is 0 Å². The molecule has 4 rings (SSSR count). The lowest BCUT2D eigenvalue weighted by Crippen LogP contribution is -2.34. The van der Waals surface area contributed by atoms with E-state index in [-0.39, 0.29) is 16.7 Å². The molecule has 1 aliphatic heterocycles. The van der Waals surface area contributed by atoms with Crippen LogP contribution in [0.15, 0.2) is 52.5 Å². The van der Waals surface area contributed by atoms with Gasteiger partial charge in [0.1, 0.15) is 5.82 Å². The van der Waals surface area contributed by atoms with Crippen molar-refractivity contribution in [2.75, 3.05) is 13.1 Å². The minimum atomic E-state index is -0.331. The van der Waals surface area contributed by atoms with E-state index >= 15 is 0 Å². The van der Waals surface area contributed by atoms with Crippen LogP contribution in [0.2, 0.25) is 0 Å². The number of benzene rings is 1. The molecule has 0 aliphatic carbocycles. The quantitative estimate of drug-likeness (QED) is 0.502. The number of rotatable bonds is 4. The highest BCUT2D eigenvalue weighted by Gasteiger charge is 2.26. The predicted molar refractivity (Wildman–Crippen MR) is 111 cm³/mol. The average molecular weight is 395 g/mol. The number of aryl methyl sites for hydroxylation is 1. The number of likely N-dealkylation sites (tertiary alicyclic amines) is 1. The Balaban J connectivity index is 1.80. The molecule has 2 aromatic heterocycles. The largest absolute Gasteiger partial charge is 0.342 e. The maximum atomic E-state index is 13.2. The summed E-state index contributed by atoms with van der Waals surface area (Å²) in [6.45, 7) is 5.44. The Morgan fingerprint density at radius 1 is 1.18 bits per heavy atom. The third kappa shape index (κ3) is 3.54. The summed E-state index contributed by atoms with van der Waals surface area (Å²) >= 11 is 1.32. The number of para-hydroxylation sites is 1. The summed E-state index contributed by atoms with van der Waals surface area (Å²) < 4.78 is 1.52. The molecule has 144 valence electrons. The highest BCUT2D eigenvalue weighted by molar-refractivity contribution is 8.00. The lowest BCUT2D eigenvalue weighted by molar-refractivity contribution is -0.129. The van der Waals surface area contributed by atoms with Gasteiger partial charge in [0.25, 0.3) is 5.56 Å². The fourth-order valence-corrected chi connectivity index (χ4v) is 4.44. The first-order valence-corrected chi connectivity index (χ1v) is 10.3. The second kappa shape index (κ2) is 7.75. The van der Waals surface area contributed by atoms with Crippen molar-refractivity contribution in [2.24, 2.45) is 0 Å². The van der Waals surface area contributed by atoms with Crippen molar-refractivity contribution in [1.29, 1.82) is 0 Å². The first-order valence-electron chi connectivity index (χ1n) is 9.45. The molecule has 7 heteroatoms. The minimum Gasteiger partial charge on any atom is -0.342 e. The first kappa shape index (κ1) is 18.7. The van der Waals surface area contributed by atoms with E-state index in [0.29, 0.717) is 21.9 Å².